The summed E-state index contributed by atoms with van der Waals surface area (Å²) < 4.78 is 0. The van der Waals surface area contributed by atoms with E-state index in [0.29, 0.717) is 5.82 Å². The van der Waals surface area contributed by atoms with Crippen LogP contribution >= 0.6 is 0 Å². The van der Waals surface area contributed by atoms with E-state index in [1.54, 1.807) is 68.2 Å². The second-order valence-corrected chi connectivity index (χ2v) is 18.8. The normalized spacial score (nSPS) is 10.0. The second-order valence-electron chi connectivity index (χ2n) is 18.8. The maximum atomic E-state index is 4.63. The van der Waals surface area contributed by atoms with Crippen molar-refractivity contribution in [3.05, 3.63) is 297 Å². The minimum absolute atomic E-state index is 0.672. The van der Waals surface area contributed by atoms with Crippen molar-refractivity contribution in [2.45, 2.75) is 41.5 Å². The Morgan fingerprint density at radius 3 is 1.10 bits per heavy atom. The van der Waals surface area contributed by atoms with Gasteiger partial charge < -0.3 is 0 Å². The Kier molecular flexibility index (Phi) is 22.1. The van der Waals surface area contributed by atoms with E-state index in [4.69, 9.17) is 0 Å². The molecule has 13 aromatic rings. The van der Waals surface area contributed by atoms with Crippen molar-refractivity contribution in [3.63, 3.8) is 0 Å². The van der Waals surface area contributed by atoms with E-state index < -0.39 is 0 Å². The number of nitrogens with zero attached hydrogens (tertiary/aromatic N) is 15. The first-order valence-electron chi connectivity index (χ1n) is 26.8. The van der Waals surface area contributed by atoms with Crippen LogP contribution in [-0.4, -0.2) is 74.8 Å². The van der Waals surface area contributed by atoms with Crippen molar-refractivity contribution in [1.29, 1.82) is 0 Å². The topological polar surface area (TPSA) is 193 Å². The lowest BCUT2D eigenvalue weighted by atomic mass is 10.0. The van der Waals surface area contributed by atoms with Crippen molar-refractivity contribution in [2.24, 2.45) is 0 Å². The SMILES string of the molecule is Cc1cc(-c2ccccc2)cc(-c2ccccc2)n1.Cc1cnc(-c2ccccc2)nc1.Cc1cnc(-c2ccccn2)nc1.Cc1cnc(-c2cccnc2)nc1.Cc1cnc(-c2ccncc2)nc1.Cc1ncc(-c2ccncc2)cn1. The third kappa shape index (κ3) is 19.0. The highest BCUT2D eigenvalue weighted by molar-refractivity contribution is 5.71. The molecule has 0 spiro atoms. The molecule has 0 saturated heterocycles. The van der Waals surface area contributed by atoms with Crippen molar-refractivity contribution in [1.82, 2.24) is 74.8 Å². The van der Waals surface area contributed by atoms with Gasteiger partial charge >= 0.3 is 0 Å². The third-order valence-corrected chi connectivity index (χ3v) is 11.8. The van der Waals surface area contributed by atoms with Gasteiger partial charge in [-0.25, -0.2) is 49.8 Å². The predicted octanol–water partition coefficient (Wildman–Crippen LogP) is 14.6. The fourth-order valence-corrected chi connectivity index (χ4v) is 7.54. The number of hydrogen-bond donors (Lipinski definition) is 0. The van der Waals surface area contributed by atoms with Crippen LogP contribution in [-0.2, 0) is 0 Å². The highest BCUT2D eigenvalue weighted by atomic mass is 14.9. The number of benzene rings is 3. The molecule has 0 N–H and O–H groups in total. The molecule has 15 heteroatoms. The number of hydrogen-bond acceptors (Lipinski definition) is 15. The van der Waals surface area contributed by atoms with E-state index in [0.717, 1.165) is 96.0 Å². The number of aryl methyl sites for hydroxylation is 6. The van der Waals surface area contributed by atoms with Gasteiger partial charge in [0.1, 0.15) is 11.5 Å². The summed E-state index contributed by atoms with van der Waals surface area (Å²) in [5.74, 6) is 3.71. The highest BCUT2D eigenvalue weighted by Crippen LogP contribution is 2.26. The monoisotopic (exact) mass is 1100 g/mol. The van der Waals surface area contributed by atoms with Gasteiger partial charge in [-0.05, 0) is 141 Å². The molecule has 0 aliphatic rings. The zero-order valence-corrected chi connectivity index (χ0v) is 47.5. The van der Waals surface area contributed by atoms with Crippen LogP contribution in [0, 0.1) is 41.5 Å². The summed E-state index contributed by atoms with van der Waals surface area (Å²) >= 11 is 0. The fraction of sp³-hybridized carbons (Fsp3) is 0.0870. The largest absolute Gasteiger partial charge is 0.265 e. The molecule has 0 saturated carbocycles. The average Bonchev–Trinajstić information content (AvgIpc) is 3.57. The van der Waals surface area contributed by atoms with E-state index in [1.807, 2.05) is 188 Å². The van der Waals surface area contributed by atoms with Crippen molar-refractivity contribution in [3.8, 4) is 79.2 Å². The lowest BCUT2D eigenvalue weighted by Crippen LogP contribution is -1.90. The van der Waals surface area contributed by atoms with Gasteiger partial charge in [0, 0.05) is 139 Å². The molecular formula is C69H61N15. The maximum Gasteiger partial charge on any atom is 0.178 e. The molecule has 0 aliphatic heterocycles. The van der Waals surface area contributed by atoms with Gasteiger partial charge in [0.05, 0.1) is 5.69 Å². The fourth-order valence-electron chi connectivity index (χ4n) is 7.54. The van der Waals surface area contributed by atoms with E-state index in [9.17, 15) is 0 Å². The average molecular weight is 1100 g/mol. The molecule has 0 atom stereocenters. The summed E-state index contributed by atoms with van der Waals surface area (Å²) in [6, 6.07) is 52.1. The second kappa shape index (κ2) is 31.6. The Bertz CT molecular complexity index is 3410. The molecule has 0 aliphatic carbocycles. The van der Waals surface area contributed by atoms with Crippen LogP contribution in [0.2, 0.25) is 0 Å². The zero-order valence-electron chi connectivity index (χ0n) is 47.5. The summed E-state index contributed by atoms with van der Waals surface area (Å²) in [5, 5.41) is 0. The molecule has 0 amide bonds. The number of aromatic nitrogens is 15. The Labute approximate surface area is 490 Å². The van der Waals surface area contributed by atoms with Gasteiger partial charge in [0.15, 0.2) is 23.3 Å². The van der Waals surface area contributed by atoms with Gasteiger partial charge in [-0.1, -0.05) is 97.1 Å². The van der Waals surface area contributed by atoms with Crippen LogP contribution in [0.15, 0.2) is 263 Å². The molecule has 412 valence electrons. The molecule has 15 nitrogen and oxygen atoms in total. The minimum atomic E-state index is 0.672. The van der Waals surface area contributed by atoms with Gasteiger partial charge in [0.2, 0.25) is 0 Å². The molecule has 3 aromatic carbocycles. The van der Waals surface area contributed by atoms with Crippen LogP contribution < -0.4 is 0 Å². The molecule has 0 unspecified atom stereocenters. The van der Waals surface area contributed by atoms with E-state index in [-0.39, 0.29) is 0 Å². The van der Waals surface area contributed by atoms with E-state index in [1.165, 1.54) is 11.1 Å². The lowest BCUT2D eigenvalue weighted by molar-refractivity contribution is 1.05. The van der Waals surface area contributed by atoms with Crippen molar-refractivity contribution in [2.75, 3.05) is 0 Å². The Morgan fingerprint density at radius 2 is 0.631 bits per heavy atom. The quantitative estimate of drug-likeness (QED) is 0.146. The zero-order chi connectivity index (χ0) is 58.6. The molecule has 0 bridgehead atoms. The Hall–Kier alpha value is -11.2. The summed E-state index contributed by atoms with van der Waals surface area (Å²) in [5.41, 5.74) is 15.9. The van der Waals surface area contributed by atoms with Crippen LogP contribution in [0.25, 0.3) is 79.2 Å². The highest BCUT2D eigenvalue weighted by Gasteiger charge is 2.06. The van der Waals surface area contributed by atoms with E-state index >= 15 is 0 Å². The molecule has 10 heterocycles. The first kappa shape index (κ1) is 58.9. The molecule has 13 rings (SSSR count). The Morgan fingerprint density at radius 1 is 0.226 bits per heavy atom. The molecular weight excluding hydrogens is 1040 g/mol. The molecule has 84 heavy (non-hydrogen) atoms. The van der Waals surface area contributed by atoms with Crippen LogP contribution in [0.4, 0.5) is 0 Å². The van der Waals surface area contributed by atoms with Crippen LogP contribution in [0.1, 0.15) is 33.8 Å². The van der Waals surface area contributed by atoms with Crippen LogP contribution in [0.3, 0.4) is 0 Å². The molecule has 10 aromatic heterocycles. The Balaban J connectivity index is 0.000000132. The summed E-state index contributed by atoms with van der Waals surface area (Å²) in [6.07, 6.45) is 30.3. The smallest absolute Gasteiger partial charge is 0.178 e. The van der Waals surface area contributed by atoms with Crippen molar-refractivity contribution >= 4 is 0 Å². The maximum absolute atomic E-state index is 4.63. The third-order valence-electron chi connectivity index (χ3n) is 11.8. The lowest BCUT2D eigenvalue weighted by Gasteiger charge is -2.07. The van der Waals surface area contributed by atoms with E-state index in [2.05, 4.69) is 123 Å². The van der Waals surface area contributed by atoms with Crippen molar-refractivity contribution < 1.29 is 0 Å². The first-order valence-corrected chi connectivity index (χ1v) is 26.8. The minimum Gasteiger partial charge on any atom is -0.265 e. The standard InChI is InChI=1S/C18H15N.C11H10N2.4C10H9N3/c1-14-12-17(15-8-4-2-5-9-15)13-18(19-14)16-10-6-3-7-11-16;1-9-7-12-11(13-8-9)10-5-3-2-4-6-10;1-8-12-6-10(7-13-8)9-2-4-11-5-3-9;1-8-6-12-10(13-7-8)9-2-4-11-5-3-9;1-8-5-12-10(13-6-8)9-3-2-4-11-7-9;1-8-6-12-10(13-7-8)9-4-2-3-5-11-9/h2-13H,1H3;2-8H,1H3;4*2-7H,1H3. The van der Waals surface area contributed by atoms with Gasteiger partial charge in [-0.2, -0.15) is 0 Å². The summed E-state index contributed by atoms with van der Waals surface area (Å²) in [7, 11) is 0. The first-order chi connectivity index (χ1) is 41.1. The molecule has 0 fully saturated rings. The number of pyridine rings is 5. The summed E-state index contributed by atoms with van der Waals surface area (Å²) in [6.45, 7) is 11.8. The van der Waals surface area contributed by atoms with Gasteiger partial charge in [0.25, 0.3) is 0 Å². The van der Waals surface area contributed by atoms with Gasteiger partial charge in [-0.3, -0.25) is 24.9 Å². The van der Waals surface area contributed by atoms with Gasteiger partial charge in [-0.15, -0.1) is 0 Å². The van der Waals surface area contributed by atoms with Crippen LogP contribution in [0.5, 0.6) is 0 Å². The molecule has 0 radical (unpaired) electrons. The summed E-state index contributed by atoms with van der Waals surface area (Å²) in [4.78, 5) is 62.6. The predicted molar refractivity (Wildman–Crippen MR) is 332 cm³/mol. The number of rotatable bonds is 7.